The smallest absolute Gasteiger partial charge is 0.329 e. The van der Waals surface area contributed by atoms with Gasteiger partial charge in [0.15, 0.2) is 0 Å². The van der Waals surface area contributed by atoms with Crippen LogP contribution in [0, 0.1) is 5.41 Å². The summed E-state index contributed by atoms with van der Waals surface area (Å²) in [5.74, 6) is -1.19. The third kappa shape index (κ3) is 16.2. The molecule has 0 aliphatic carbocycles. The summed E-state index contributed by atoms with van der Waals surface area (Å²) < 4.78 is 30.7. The van der Waals surface area contributed by atoms with Gasteiger partial charge < -0.3 is 65.7 Å². The second-order valence-electron chi connectivity index (χ2n) is 11.2. The van der Waals surface area contributed by atoms with Crippen LogP contribution in [-0.4, -0.2) is 181 Å². The molecule has 54 heavy (non-hydrogen) atoms. The Morgan fingerprint density at radius 2 is 1.02 bits per heavy atom. The van der Waals surface area contributed by atoms with E-state index >= 15 is 0 Å². The Hall–Kier alpha value is 2.11. The second kappa shape index (κ2) is 27.9. The molecule has 310 valence electrons. The molecule has 0 spiro atoms. The van der Waals surface area contributed by atoms with Crippen molar-refractivity contribution in [3.05, 3.63) is 0 Å². The van der Waals surface area contributed by atoms with Crippen LogP contribution in [0.3, 0.4) is 0 Å². The molecule has 15 nitrogen and oxygen atoms in total. The first-order chi connectivity index (χ1) is 26.0. The second-order valence-corrected chi connectivity index (χ2v) is 23.1. The summed E-state index contributed by atoms with van der Waals surface area (Å²) in [6.45, 7) is 5.12. The number of aliphatic hydroxyl groups excluding tert-OH is 4. The van der Waals surface area contributed by atoms with Gasteiger partial charge in [-0.25, -0.2) is 4.79 Å². The molecule has 0 bridgehead atoms. The minimum atomic E-state index is -1.71. The number of thiocarbonyl (C=S) groups is 4. The first-order valence-electron chi connectivity index (χ1n) is 16.3. The first kappa shape index (κ1) is 50.5. The number of carboxylic acid groups (broad SMARTS) is 1. The Bertz CT molecular complexity index is 1160. The van der Waals surface area contributed by atoms with Crippen LogP contribution < -0.4 is 21.3 Å². The molecule has 4 aliphatic heterocycles. The van der Waals surface area contributed by atoms with Crippen LogP contribution in [0.1, 0.15) is 0 Å². The highest BCUT2D eigenvalue weighted by Gasteiger charge is 2.60. The van der Waals surface area contributed by atoms with E-state index in [1.807, 2.05) is 0 Å². The van der Waals surface area contributed by atoms with Gasteiger partial charge in [0.1, 0.15) is 41.9 Å². The summed E-state index contributed by atoms with van der Waals surface area (Å²) in [7, 11) is 8.19. The van der Waals surface area contributed by atoms with E-state index in [-0.39, 0.29) is 24.4 Å². The maximum Gasteiger partial charge on any atom is 0.329 e. The number of hydrogen-bond acceptors (Lipinski definition) is 26. The monoisotopic (exact) mass is 984 g/mol. The summed E-state index contributed by atoms with van der Waals surface area (Å²) in [6.07, 6.45) is -1.32. The molecular formula is C27H44N4O11S12. The van der Waals surface area contributed by atoms with Crippen molar-refractivity contribution in [1.82, 2.24) is 21.3 Å². The number of carbonyl (C=O) groups is 1. The molecule has 0 radical (unpaired) electrons. The van der Waals surface area contributed by atoms with E-state index in [4.69, 9.17) is 87.0 Å². The molecule has 5 unspecified atom stereocenters. The van der Waals surface area contributed by atoms with E-state index in [1.165, 1.54) is 64.8 Å². The van der Waals surface area contributed by atoms with Gasteiger partial charge in [-0.15, -0.1) is 0 Å². The van der Waals surface area contributed by atoms with Crippen molar-refractivity contribution in [2.24, 2.45) is 5.41 Å². The number of rotatable bonds is 18. The summed E-state index contributed by atoms with van der Waals surface area (Å²) >= 11 is 23.9. The molecule has 27 heteroatoms. The number of aliphatic hydroxyl groups is 4. The standard InChI is InChI=1S/C25H40N4O8S12.C2H4O3/c30-13-24(14-31,23(32)46-42-19(38)15-9-26-1-5-33-15)25(47-43-20(39)16-10-27-2-6-34-16,48-44-21(40)17-11-28-3-7-35-17)37-49-45-22(41)18-12-29-4-8-36-18;3-1-2(4)5/h15-18,23,26-32H,1-14H2;3H,1H2,(H,4,5). The molecule has 4 fully saturated rings. The summed E-state index contributed by atoms with van der Waals surface area (Å²) in [6, 6.07) is 0. The van der Waals surface area contributed by atoms with Crippen LogP contribution in [0.25, 0.3) is 0 Å². The van der Waals surface area contributed by atoms with Gasteiger partial charge in [-0.2, -0.15) is 0 Å². The molecule has 0 aromatic heterocycles. The molecule has 9 N–H and O–H groups in total. The normalized spacial score (nSPS) is 25.3. The summed E-state index contributed by atoms with van der Waals surface area (Å²) in [5.41, 5.74) is -3.10. The topological polar surface area (TPSA) is 212 Å². The van der Waals surface area contributed by atoms with Gasteiger partial charge in [0.25, 0.3) is 0 Å². The number of hydrogen-bond donors (Lipinski definition) is 9. The van der Waals surface area contributed by atoms with Crippen LogP contribution >= 0.6 is 136 Å². The lowest BCUT2D eigenvalue weighted by molar-refractivity contribution is -0.140. The fourth-order valence-electron chi connectivity index (χ4n) is 4.40. The zero-order valence-electron chi connectivity index (χ0n) is 28.6. The van der Waals surface area contributed by atoms with Crippen LogP contribution in [0.2, 0.25) is 0 Å². The van der Waals surface area contributed by atoms with E-state index in [0.717, 1.165) is 48.0 Å². The van der Waals surface area contributed by atoms with E-state index in [2.05, 4.69) is 21.3 Å². The molecule has 5 atom stereocenters. The van der Waals surface area contributed by atoms with Gasteiger partial charge >= 0.3 is 5.97 Å². The lowest BCUT2D eigenvalue weighted by Gasteiger charge is -2.47. The third-order valence-electron chi connectivity index (χ3n) is 7.49. The molecule has 0 saturated carbocycles. The van der Waals surface area contributed by atoms with Crippen LogP contribution in [0.4, 0.5) is 0 Å². The van der Waals surface area contributed by atoms with Gasteiger partial charge in [-0.3, -0.25) is 4.18 Å². The first-order valence-corrected chi connectivity index (χ1v) is 26.5. The van der Waals surface area contributed by atoms with Crippen molar-refractivity contribution in [2.45, 2.75) is 34.1 Å². The van der Waals surface area contributed by atoms with Crippen LogP contribution in [0.5, 0.6) is 0 Å². The Labute approximate surface area is 367 Å². The zero-order valence-corrected chi connectivity index (χ0v) is 38.4. The van der Waals surface area contributed by atoms with E-state index in [0.29, 0.717) is 69.4 Å². The number of morpholine rings is 4. The van der Waals surface area contributed by atoms with Gasteiger partial charge in [-0.1, -0.05) is 59.7 Å². The Morgan fingerprint density at radius 3 is 1.33 bits per heavy atom. The van der Waals surface area contributed by atoms with E-state index in [1.54, 1.807) is 0 Å². The highest BCUT2D eigenvalue weighted by molar-refractivity contribution is 8.92. The number of nitrogens with one attached hydrogen (secondary N) is 4. The van der Waals surface area contributed by atoms with Crippen molar-refractivity contribution in [1.29, 1.82) is 0 Å². The van der Waals surface area contributed by atoms with Gasteiger partial charge in [0, 0.05) is 52.4 Å². The maximum atomic E-state index is 12.0. The lowest BCUT2D eigenvalue weighted by atomic mass is 9.91. The summed E-state index contributed by atoms with van der Waals surface area (Å²) in [5, 5.41) is 62.5. The Kier molecular flexibility index (Phi) is 26.0. The average molecular weight is 985 g/mol. The molecule has 0 aromatic rings. The lowest BCUT2D eigenvalue weighted by Crippen LogP contribution is -2.55. The predicted octanol–water partition coefficient (Wildman–Crippen LogP) is 1.71. The Balaban J connectivity index is 0.00000147. The van der Waals surface area contributed by atoms with E-state index in [9.17, 15) is 15.3 Å². The minimum Gasteiger partial charge on any atom is -0.480 e. The SMILES string of the molecule is O=C(O)CO.OCC(CO)(C(O)SSC(=S)C1CNCCO1)C(OSSC(=S)C1CNCCO1)(SSC(=S)C1CNCCO1)SSC(=S)C1CNCCO1. The highest BCUT2D eigenvalue weighted by atomic mass is 33.1. The molecule has 4 rings (SSSR count). The van der Waals surface area contributed by atoms with Crippen molar-refractivity contribution >= 4 is 158 Å². The van der Waals surface area contributed by atoms with Crippen molar-refractivity contribution in [3.8, 4) is 0 Å². The van der Waals surface area contributed by atoms with E-state index < -0.39 is 40.9 Å². The molecule has 0 aromatic carbocycles. The number of aliphatic carboxylic acids is 1. The number of carboxylic acids is 1. The fourth-order valence-corrected chi connectivity index (χ4v) is 17.7. The predicted molar refractivity (Wildman–Crippen MR) is 243 cm³/mol. The van der Waals surface area contributed by atoms with Gasteiger partial charge in [0.05, 0.1) is 67.5 Å². The molecule has 0 amide bonds. The van der Waals surface area contributed by atoms with Crippen molar-refractivity contribution in [3.63, 3.8) is 0 Å². The van der Waals surface area contributed by atoms with Crippen LogP contribution in [-0.2, 0) is 27.9 Å². The summed E-state index contributed by atoms with van der Waals surface area (Å²) in [4.78, 5) is 9.12. The van der Waals surface area contributed by atoms with Gasteiger partial charge in [-0.05, 0) is 64.8 Å². The third-order valence-corrected chi connectivity index (χ3v) is 21.9. The molecule has 4 heterocycles. The zero-order chi connectivity index (χ0) is 39.4. The molecule has 4 aliphatic rings. The minimum absolute atomic E-state index is 0.300. The maximum absolute atomic E-state index is 12.0. The highest BCUT2D eigenvalue weighted by Crippen LogP contribution is 2.64. The van der Waals surface area contributed by atoms with Gasteiger partial charge in [0.2, 0.25) is 4.27 Å². The molecular weight excluding hydrogens is 941 g/mol. The average Bonchev–Trinajstić information content (AvgIpc) is 3.22. The number of ether oxygens (including phenoxy) is 4. The fraction of sp³-hybridized carbons (Fsp3) is 0.815. The Morgan fingerprint density at radius 1 is 0.667 bits per heavy atom. The molecule has 4 saturated heterocycles. The van der Waals surface area contributed by atoms with Crippen LogP contribution in [0.15, 0.2) is 0 Å². The van der Waals surface area contributed by atoms with Crippen molar-refractivity contribution < 1.29 is 53.5 Å². The van der Waals surface area contributed by atoms with Crippen molar-refractivity contribution in [2.75, 3.05) is 98.6 Å². The quantitative estimate of drug-likeness (QED) is 0.0414. The largest absolute Gasteiger partial charge is 0.480 e.